The normalized spacial score (nSPS) is 11.9. The average molecular weight is 1440 g/mol. The second-order valence-corrected chi connectivity index (χ2v) is 30.0. The van der Waals surface area contributed by atoms with Crippen LogP contribution in [0.25, 0.3) is 0 Å². The first kappa shape index (κ1) is 100. The lowest BCUT2D eigenvalue weighted by molar-refractivity contribution is -0.139. The number of nitrogens with zero attached hydrogens (tertiary/aromatic N) is 3. The van der Waals surface area contributed by atoms with Crippen LogP contribution in [0.4, 0.5) is 0 Å². The smallest absolute Gasteiger partial charge is 0.371 e. The van der Waals surface area contributed by atoms with Gasteiger partial charge in [-0.05, 0) is 74.7 Å². The van der Waals surface area contributed by atoms with Gasteiger partial charge in [-0.3, -0.25) is 56.3 Å². The number of thioether (sulfide) groups is 1. The van der Waals surface area contributed by atoms with E-state index >= 15 is 0 Å². The summed E-state index contributed by atoms with van der Waals surface area (Å²) in [5.41, 5.74) is 34.7. The van der Waals surface area contributed by atoms with Gasteiger partial charge in [-0.25, -0.2) is 4.98 Å². The van der Waals surface area contributed by atoms with E-state index in [1.165, 1.54) is 55.0 Å². The van der Waals surface area contributed by atoms with Crippen molar-refractivity contribution in [2.75, 3.05) is 32.7 Å². The molecule has 0 aliphatic heterocycles. The number of carboxylic acid groups (broad SMARTS) is 5. The molecule has 0 saturated carbocycles. The maximum atomic E-state index is 11.0. The second-order valence-electron chi connectivity index (χ2n) is 15.8. The van der Waals surface area contributed by atoms with Crippen molar-refractivity contribution in [2.24, 2.45) is 40.1 Å². The number of aromatic nitrogens is 3. The zero-order valence-corrected chi connectivity index (χ0v) is 53.2. The number of hydrogen-bond donors (Lipinski definition) is 29. The Morgan fingerprint density at radius 1 is 0.545 bits per heavy atom. The number of rotatable bonds is 25. The fraction of sp³-hybridized carbons (Fsp3) is 0.486. The summed E-state index contributed by atoms with van der Waals surface area (Å²) in [6, 6.07) is 7.08. The van der Waals surface area contributed by atoms with Gasteiger partial charge < -0.3 is 158 Å². The molecule has 0 unspecified atom stereocenters. The van der Waals surface area contributed by atoms with Gasteiger partial charge in [0.25, 0.3) is 10.2 Å². The molecule has 2 aromatic heterocycles. The molecule has 3 aromatic rings. The van der Waals surface area contributed by atoms with Crippen molar-refractivity contribution in [1.82, 2.24) is 33.0 Å². The molecule has 2 atom stereocenters. The van der Waals surface area contributed by atoms with E-state index in [9.17, 15) is 61.6 Å². The number of unbranched alkanes of at least 4 members (excludes halogenated alkanes) is 2. The van der Waals surface area contributed by atoms with Gasteiger partial charge >= 0.3 is 75.4 Å². The predicted molar refractivity (Wildman–Crippen MR) is 316 cm³/mol. The monoisotopic (exact) mass is 1440 g/mol. The van der Waals surface area contributed by atoms with Crippen LogP contribution in [0.2, 0.25) is 5.02 Å². The van der Waals surface area contributed by atoms with Gasteiger partial charge in [0.05, 0.1) is 32.5 Å². The Bertz CT molecular complexity index is 2580. The van der Waals surface area contributed by atoms with Crippen molar-refractivity contribution in [1.29, 1.82) is 0 Å². The van der Waals surface area contributed by atoms with E-state index in [0.29, 0.717) is 47.6 Å². The lowest BCUT2D eigenvalue weighted by Crippen LogP contribution is -2.33. The minimum Gasteiger partial charge on any atom is -0.480 e. The van der Waals surface area contributed by atoms with Gasteiger partial charge in [-0.1, -0.05) is 42.3 Å². The number of carboxylic acids is 5. The summed E-state index contributed by atoms with van der Waals surface area (Å²) in [5, 5.41) is 52.1. The summed E-state index contributed by atoms with van der Waals surface area (Å²) in [7, 11) is -31.4. The summed E-state index contributed by atoms with van der Waals surface area (Å²) in [6.45, 7) is -0.583. The highest BCUT2D eigenvalue weighted by Crippen LogP contribution is 2.69. The van der Waals surface area contributed by atoms with Gasteiger partial charge in [0, 0.05) is 41.1 Å². The topological polar surface area (TPSA) is 890 Å². The van der Waals surface area contributed by atoms with Crippen LogP contribution in [-0.2, 0) is 64.3 Å². The van der Waals surface area contributed by atoms with Gasteiger partial charge in [0.2, 0.25) is 4.73 Å². The van der Waals surface area contributed by atoms with E-state index < -0.39 is 115 Å². The van der Waals surface area contributed by atoms with Crippen molar-refractivity contribution in [2.45, 2.75) is 83.4 Å². The molecule has 51 heteroatoms. The SMILES string of the molecule is N.N.N.NCC(=O)O.NCC(=O)O.NCC(=O)O.NCCCC[C@H](N)C(=O)O.NCCCC[C@H](N)C(=O)O.O=P(O)(O)C(O)(Cc1cccnc1)P(=O)(O)O.O=P(O)(O)C(O)(Cn1ccnc1)P(=O)(O)O.O=P(O)(O)C(Sc1ccc(Cl)cc1)P(=O)(O)O. The van der Waals surface area contributed by atoms with Crippen molar-refractivity contribution < 1.29 is 146 Å². The van der Waals surface area contributed by atoms with Gasteiger partial charge in [0.1, 0.15) is 12.1 Å². The molecular formula is C37H82ClN13O30P6S. The first-order valence-corrected chi connectivity index (χ1v) is 33.7. The second kappa shape index (κ2) is 48.7. The minimum atomic E-state index is -5.41. The summed E-state index contributed by atoms with van der Waals surface area (Å²) >= 11 is 6.04. The summed E-state index contributed by atoms with van der Waals surface area (Å²) in [4.78, 5) is 162. The van der Waals surface area contributed by atoms with Gasteiger partial charge in [-0.15, -0.1) is 0 Å². The highest BCUT2D eigenvalue weighted by atomic mass is 35.5. The van der Waals surface area contributed by atoms with Crippen molar-refractivity contribution >= 4 is 98.8 Å². The maximum Gasteiger partial charge on any atom is 0.371 e. The number of pyridine rings is 1. The number of aliphatic carboxylic acids is 5. The van der Waals surface area contributed by atoms with Crippen LogP contribution >= 0.6 is 68.9 Å². The molecule has 0 fully saturated rings. The van der Waals surface area contributed by atoms with Crippen molar-refractivity contribution in [3.8, 4) is 0 Å². The average Bonchev–Trinajstić information content (AvgIpc) is 3.88. The van der Waals surface area contributed by atoms with Crippen LogP contribution < -0.4 is 58.6 Å². The Kier molecular flexibility index (Phi) is 55.5. The fourth-order valence-electron chi connectivity index (χ4n) is 4.36. The first-order valence-electron chi connectivity index (χ1n) is 22.6. The third-order valence-electron chi connectivity index (χ3n) is 8.71. The lowest BCUT2D eigenvalue weighted by Gasteiger charge is -2.29. The summed E-state index contributed by atoms with van der Waals surface area (Å²) < 4.78 is 64.8. The maximum absolute atomic E-state index is 11.0. The molecule has 1 aromatic carbocycles. The number of nitrogens with two attached hydrogens (primary N) is 7. The van der Waals surface area contributed by atoms with Crippen LogP contribution in [0.1, 0.15) is 44.1 Å². The molecule has 2 heterocycles. The zero-order chi connectivity index (χ0) is 68.0. The molecule has 0 bridgehead atoms. The van der Waals surface area contributed by atoms with E-state index in [0.717, 1.165) is 42.8 Å². The molecule has 518 valence electrons. The van der Waals surface area contributed by atoms with Gasteiger partial charge in [-0.2, -0.15) is 0 Å². The lowest BCUT2D eigenvalue weighted by atomic mass is 10.1. The Balaban J connectivity index is -0.000000144. The van der Waals surface area contributed by atoms with E-state index in [1.54, 1.807) is 0 Å². The Morgan fingerprint density at radius 3 is 1.12 bits per heavy atom. The molecule has 43 nitrogen and oxygen atoms in total. The number of carbonyl (C=O) groups is 5. The van der Waals surface area contributed by atoms with Crippen LogP contribution in [0, 0.1) is 0 Å². The number of halogens is 1. The third kappa shape index (κ3) is 47.0. The Hall–Kier alpha value is -4.01. The quantitative estimate of drug-likeness (QED) is 0.0232. The number of aliphatic hydroxyl groups is 2. The molecule has 88 heavy (non-hydrogen) atoms. The molecule has 0 radical (unpaired) electrons. The van der Waals surface area contributed by atoms with Crippen molar-refractivity contribution in [3.63, 3.8) is 0 Å². The van der Waals surface area contributed by atoms with Crippen LogP contribution in [0.5, 0.6) is 0 Å². The van der Waals surface area contributed by atoms with Gasteiger partial charge in [0.15, 0.2) is 0 Å². The third-order valence-corrected chi connectivity index (χ3v) is 22.4. The van der Waals surface area contributed by atoms with E-state index in [-0.39, 0.29) is 43.6 Å². The predicted octanol–water partition coefficient (Wildman–Crippen LogP) is -2.79. The zero-order valence-electron chi connectivity index (χ0n) is 46.2. The number of hydrogen-bond acceptors (Lipinski definition) is 26. The van der Waals surface area contributed by atoms with Crippen LogP contribution in [0.3, 0.4) is 0 Å². The molecule has 0 saturated heterocycles. The highest BCUT2D eigenvalue weighted by molar-refractivity contribution is 8.12. The molecule has 0 spiro atoms. The molecule has 0 aliphatic rings. The molecular weight excluding hydrogens is 1360 g/mol. The van der Waals surface area contributed by atoms with Crippen molar-refractivity contribution in [3.05, 3.63) is 78.1 Å². The molecule has 3 rings (SSSR count). The Labute approximate surface area is 510 Å². The number of benzene rings is 1. The summed E-state index contributed by atoms with van der Waals surface area (Å²) in [5.74, 6) is -4.77. The van der Waals surface area contributed by atoms with E-state index in [4.69, 9.17) is 119 Å². The van der Waals surface area contributed by atoms with E-state index in [2.05, 4.69) is 27.2 Å². The fourth-order valence-corrected chi connectivity index (χ4v) is 12.6. The molecule has 42 N–H and O–H groups in total. The van der Waals surface area contributed by atoms with E-state index in [1.807, 2.05) is 0 Å². The highest BCUT2D eigenvalue weighted by Gasteiger charge is 2.60. The first-order chi connectivity index (χ1) is 38.4. The standard InChI is InChI=1S/C7H9ClO6P2S.C7H11NO7P2.2C6H14N2O2.C5H10N2O7P2.3C2H5NO2.3H3N/c8-5-1-3-6(4-2-5)17-7(15(9,10)11)16(12,13)14;9-7(16(10,11)12,17(13,14)15)4-6-2-1-3-8-5-6;2*7-4-2-1-3-5(8)6(9)10;8-5(15(9,10)11,16(12,13)14)3-7-2-1-6-4-7;3*3-1-2(4)5;;;/h1-4,7H,(H2,9,10,11)(H2,12,13,14);1-3,5,9H,4H2,(H2,10,11,12)(H2,13,14,15);2*5H,1-4,7-8H2,(H,9,10);1-2,4,8H,3H2,(H2,9,10,11)(H2,12,13,14);3*1,3H2,(H,4,5);3*1H3/t;;2*5-;;;;;;;/m..00......./s1. The van der Waals surface area contributed by atoms with Crippen LogP contribution in [0.15, 0.2) is 72.4 Å². The number of imidazole rings is 1. The molecule has 0 aliphatic carbocycles. The Morgan fingerprint density at radius 2 is 0.886 bits per heavy atom. The minimum absolute atomic E-state index is 0. The summed E-state index contributed by atoms with van der Waals surface area (Å²) in [6.07, 6.45) is 9.46. The van der Waals surface area contributed by atoms with Crippen LogP contribution in [-0.4, -0.2) is 199 Å². The largest absolute Gasteiger partial charge is 0.480 e. The molecule has 0 amide bonds.